The topological polar surface area (TPSA) is 86.7 Å². The summed E-state index contributed by atoms with van der Waals surface area (Å²) in [6.45, 7) is 2.86. The molecule has 0 aromatic heterocycles. The summed E-state index contributed by atoms with van der Waals surface area (Å²) in [6, 6.07) is -1.47. The van der Waals surface area contributed by atoms with Gasteiger partial charge in [0.1, 0.15) is 12.1 Å². The van der Waals surface area contributed by atoms with Gasteiger partial charge in [0.05, 0.1) is 5.88 Å². The second-order valence-electron chi connectivity index (χ2n) is 3.58. The molecule has 0 aliphatic carbocycles. The molecule has 1 fully saturated rings. The molecule has 1 aliphatic rings. The molecule has 0 aromatic carbocycles. The van der Waals surface area contributed by atoms with Gasteiger partial charge < -0.3 is 15.3 Å². The van der Waals surface area contributed by atoms with Crippen molar-refractivity contribution < 1.29 is 19.5 Å². The zero-order chi connectivity index (χ0) is 12.3. The lowest BCUT2D eigenvalue weighted by Crippen LogP contribution is -2.50. The first-order chi connectivity index (χ1) is 7.43. The van der Waals surface area contributed by atoms with Crippen molar-refractivity contribution in [3.05, 3.63) is 0 Å². The number of thioether (sulfide) groups is 1. The van der Waals surface area contributed by atoms with Crippen LogP contribution < -0.4 is 5.32 Å². The maximum Gasteiger partial charge on any atom is 0.327 e. The SMILES string of the molecule is CC(=O)NC(C)C(=O)N1CSC[C@H]1C(=O)O. The number of carbonyl (C=O) groups is 3. The molecule has 16 heavy (non-hydrogen) atoms. The number of carbonyl (C=O) groups excluding carboxylic acids is 2. The van der Waals surface area contributed by atoms with Gasteiger partial charge in [-0.15, -0.1) is 11.8 Å². The normalized spacial score (nSPS) is 21.6. The fourth-order valence-corrected chi connectivity index (χ4v) is 2.63. The predicted molar refractivity (Wildman–Crippen MR) is 58.9 cm³/mol. The van der Waals surface area contributed by atoms with E-state index in [9.17, 15) is 14.4 Å². The smallest absolute Gasteiger partial charge is 0.327 e. The molecule has 0 spiro atoms. The monoisotopic (exact) mass is 246 g/mol. The molecule has 0 bridgehead atoms. The van der Waals surface area contributed by atoms with Gasteiger partial charge in [0.25, 0.3) is 0 Å². The fourth-order valence-electron chi connectivity index (χ4n) is 1.48. The standard InChI is InChI=1S/C9H14N2O4S/c1-5(10-6(2)12)8(13)11-4-16-3-7(11)9(14)15/h5,7H,3-4H2,1-2H3,(H,10,12)(H,14,15)/t5?,7-/m0/s1. The molecule has 2 atom stereocenters. The Balaban J connectivity index is 2.65. The molecule has 0 saturated carbocycles. The molecule has 1 saturated heterocycles. The molecule has 1 heterocycles. The minimum Gasteiger partial charge on any atom is -0.480 e. The minimum atomic E-state index is -1.01. The lowest BCUT2D eigenvalue weighted by atomic mass is 10.2. The van der Waals surface area contributed by atoms with Gasteiger partial charge in [-0.3, -0.25) is 9.59 Å². The van der Waals surface area contributed by atoms with Crippen LogP contribution in [0.2, 0.25) is 0 Å². The Morgan fingerprint density at radius 1 is 1.50 bits per heavy atom. The van der Waals surface area contributed by atoms with Crippen molar-refractivity contribution in [1.82, 2.24) is 10.2 Å². The zero-order valence-electron chi connectivity index (χ0n) is 9.10. The van der Waals surface area contributed by atoms with Crippen LogP contribution in [0.1, 0.15) is 13.8 Å². The van der Waals surface area contributed by atoms with Crippen molar-refractivity contribution in [2.75, 3.05) is 11.6 Å². The first-order valence-electron chi connectivity index (χ1n) is 4.81. The summed E-state index contributed by atoms with van der Waals surface area (Å²) in [5.41, 5.74) is 0. The van der Waals surface area contributed by atoms with Gasteiger partial charge in [-0.05, 0) is 6.92 Å². The maximum atomic E-state index is 11.8. The van der Waals surface area contributed by atoms with Crippen molar-refractivity contribution in [3.63, 3.8) is 0 Å². The van der Waals surface area contributed by atoms with Crippen LogP contribution in [0.5, 0.6) is 0 Å². The first kappa shape index (κ1) is 12.8. The summed E-state index contributed by atoms with van der Waals surface area (Å²) in [6.07, 6.45) is 0. The molecule has 0 aromatic rings. The van der Waals surface area contributed by atoms with Gasteiger partial charge in [0.2, 0.25) is 11.8 Å². The highest BCUT2D eigenvalue weighted by atomic mass is 32.2. The van der Waals surface area contributed by atoms with E-state index in [0.29, 0.717) is 11.6 Å². The fraction of sp³-hybridized carbons (Fsp3) is 0.667. The number of carboxylic acid groups (broad SMARTS) is 1. The van der Waals surface area contributed by atoms with E-state index in [2.05, 4.69) is 5.32 Å². The number of carboxylic acids is 1. The first-order valence-corrected chi connectivity index (χ1v) is 5.97. The highest BCUT2D eigenvalue weighted by Gasteiger charge is 2.36. The lowest BCUT2D eigenvalue weighted by Gasteiger charge is -2.24. The van der Waals surface area contributed by atoms with Crippen LogP contribution in [0.4, 0.5) is 0 Å². The van der Waals surface area contributed by atoms with Crippen LogP contribution in [0.25, 0.3) is 0 Å². The number of amides is 2. The molecule has 90 valence electrons. The van der Waals surface area contributed by atoms with Crippen molar-refractivity contribution in [3.8, 4) is 0 Å². The van der Waals surface area contributed by atoms with E-state index in [1.54, 1.807) is 6.92 Å². The summed E-state index contributed by atoms with van der Waals surface area (Å²) in [7, 11) is 0. The van der Waals surface area contributed by atoms with Gasteiger partial charge >= 0.3 is 5.97 Å². The van der Waals surface area contributed by atoms with E-state index < -0.39 is 18.1 Å². The number of rotatable bonds is 3. The predicted octanol–water partition coefficient (Wildman–Crippen LogP) is -0.503. The quantitative estimate of drug-likeness (QED) is 0.701. The average molecular weight is 246 g/mol. The molecular weight excluding hydrogens is 232 g/mol. The van der Waals surface area contributed by atoms with Gasteiger partial charge in [-0.1, -0.05) is 0 Å². The van der Waals surface area contributed by atoms with Gasteiger partial charge in [0.15, 0.2) is 0 Å². The number of hydrogen-bond acceptors (Lipinski definition) is 4. The summed E-state index contributed by atoms with van der Waals surface area (Å²) >= 11 is 1.39. The Morgan fingerprint density at radius 3 is 2.62 bits per heavy atom. The Labute approximate surface area is 97.4 Å². The molecule has 1 unspecified atom stereocenters. The number of nitrogens with one attached hydrogen (secondary N) is 1. The third-order valence-corrected chi connectivity index (χ3v) is 3.25. The molecule has 6 nitrogen and oxygen atoms in total. The van der Waals surface area contributed by atoms with Crippen LogP contribution in [0, 0.1) is 0 Å². The van der Waals surface area contributed by atoms with E-state index in [1.807, 2.05) is 0 Å². The van der Waals surface area contributed by atoms with Gasteiger partial charge in [0, 0.05) is 12.7 Å². The lowest BCUT2D eigenvalue weighted by molar-refractivity contribution is -0.148. The Morgan fingerprint density at radius 2 is 2.12 bits per heavy atom. The van der Waals surface area contributed by atoms with E-state index in [4.69, 9.17) is 5.11 Å². The number of hydrogen-bond donors (Lipinski definition) is 2. The molecule has 1 rings (SSSR count). The molecule has 1 aliphatic heterocycles. The van der Waals surface area contributed by atoms with Crippen molar-refractivity contribution >= 4 is 29.5 Å². The highest BCUT2D eigenvalue weighted by molar-refractivity contribution is 7.99. The second-order valence-corrected chi connectivity index (χ2v) is 4.58. The summed E-state index contributed by atoms with van der Waals surface area (Å²) in [5, 5.41) is 11.3. The zero-order valence-corrected chi connectivity index (χ0v) is 9.91. The maximum absolute atomic E-state index is 11.8. The van der Waals surface area contributed by atoms with Crippen molar-refractivity contribution in [2.24, 2.45) is 0 Å². The summed E-state index contributed by atoms with van der Waals surface area (Å²) < 4.78 is 0. The van der Waals surface area contributed by atoms with Crippen LogP contribution in [0.15, 0.2) is 0 Å². The van der Waals surface area contributed by atoms with Crippen molar-refractivity contribution in [2.45, 2.75) is 25.9 Å². The van der Waals surface area contributed by atoms with E-state index >= 15 is 0 Å². The average Bonchev–Trinajstić information content (AvgIpc) is 2.63. The van der Waals surface area contributed by atoms with Crippen LogP contribution >= 0.6 is 11.8 Å². The Kier molecular flexibility index (Phi) is 4.17. The van der Waals surface area contributed by atoms with Crippen LogP contribution in [-0.2, 0) is 14.4 Å². The van der Waals surface area contributed by atoms with E-state index in [-0.39, 0.29) is 11.8 Å². The third-order valence-electron chi connectivity index (χ3n) is 2.24. The van der Waals surface area contributed by atoms with Gasteiger partial charge in [-0.25, -0.2) is 4.79 Å². The molecule has 2 N–H and O–H groups in total. The molecule has 7 heteroatoms. The third kappa shape index (κ3) is 2.88. The van der Waals surface area contributed by atoms with Gasteiger partial charge in [-0.2, -0.15) is 0 Å². The van der Waals surface area contributed by atoms with Crippen LogP contribution in [-0.4, -0.2) is 51.5 Å². The molecular formula is C9H14N2O4S. The largest absolute Gasteiger partial charge is 0.480 e. The second kappa shape index (κ2) is 5.20. The number of nitrogens with zero attached hydrogens (tertiary/aromatic N) is 1. The van der Waals surface area contributed by atoms with Crippen LogP contribution in [0.3, 0.4) is 0 Å². The minimum absolute atomic E-state index is 0.306. The molecule has 0 radical (unpaired) electrons. The summed E-state index contributed by atoms with van der Waals surface area (Å²) in [4.78, 5) is 34.8. The highest BCUT2D eigenvalue weighted by Crippen LogP contribution is 2.21. The van der Waals surface area contributed by atoms with E-state index in [1.165, 1.54) is 23.6 Å². The van der Waals surface area contributed by atoms with E-state index in [0.717, 1.165) is 0 Å². The number of aliphatic carboxylic acids is 1. The molecule has 2 amide bonds. The Hall–Kier alpha value is -1.24. The van der Waals surface area contributed by atoms with Crippen molar-refractivity contribution in [1.29, 1.82) is 0 Å². The Bertz CT molecular complexity index is 321. The summed E-state index contributed by atoms with van der Waals surface area (Å²) in [5.74, 6) is -0.909.